The van der Waals surface area contributed by atoms with Crippen molar-refractivity contribution in [2.75, 3.05) is 6.54 Å². The molecule has 0 aliphatic carbocycles. The average Bonchev–Trinajstić information content (AvgIpc) is 2.37. The summed E-state index contributed by atoms with van der Waals surface area (Å²) in [6.07, 6.45) is 5.32. The molecule has 2 heterocycles. The summed E-state index contributed by atoms with van der Waals surface area (Å²) in [5.74, 6) is 0. The first-order chi connectivity index (χ1) is 8.29. The Balaban J connectivity index is 2.16. The molecule has 0 saturated heterocycles. The highest BCUT2D eigenvalue weighted by atomic mass is 32.2. The smallest absolute Gasteiger partial charge is 0.188 e. The molecule has 0 amide bonds. The van der Waals surface area contributed by atoms with Crippen LogP contribution in [0.2, 0.25) is 0 Å². The molecule has 0 aromatic carbocycles. The maximum atomic E-state index is 5.79. The van der Waals surface area contributed by atoms with E-state index in [0.29, 0.717) is 6.54 Å². The molecule has 1 unspecified atom stereocenters. The minimum Gasteiger partial charge on any atom is -0.329 e. The van der Waals surface area contributed by atoms with E-state index in [2.05, 4.69) is 15.0 Å². The average molecular weight is 246 g/mol. The van der Waals surface area contributed by atoms with Crippen molar-refractivity contribution in [3.63, 3.8) is 0 Å². The van der Waals surface area contributed by atoms with Crippen LogP contribution in [-0.4, -0.2) is 21.5 Å². The van der Waals surface area contributed by atoms with E-state index in [9.17, 15) is 0 Å². The number of nitrogens with two attached hydrogens (primary N) is 1. The standard InChI is InChI=1S/C12H14N4S/c1-9-2-7-15-12(16-9)17-11(8-13)10-3-5-14-6-4-10/h2-7,11H,8,13H2,1H3. The summed E-state index contributed by atoms with van der Waals surface area (Å²) in [5.41, 5.74) is 7.91. The van der Waals surface area contributed by atoms with Gasteiger partial charge in [0.05, 0.1) is 0 Å². The molecule has 88 valence electrons. The molecule has 0 saturated carbocycles. The Hall–Kier alpha value is -1.46. The summed E-state index contributed by atoms with van der Waals surface area (Å²) in [6, 6.07) is 5.83. The lowest BCUT2D eigenvalue weighted by atomic mass is 10.2. The third kappa shape index (κ3) is 3.25. The van der Waals surface area contributed by atoms with Crippen LogP contribution in [0.15, 0.2) is 41.9 Å². The van der Waals surface area contributed by atoms with Crippen molar-refractivity contribution in [3.05, 3.63) is 48.0 Å². The molecular formula is C12H14N4S. The second-order valence-corrected chi connectivity index (χ2v) is 4.77. The SMILES string of the molecule is Cc1ccnc(SC(CN)c2ccncc2)n1. The topological polar surface area (TPSA) is 64.7 Å². The van der Waals surface area contributed by atoms with Crippen LogP contribution in [0.4, 0.5) is 0 Å². The molecule has 1 atom stereocenters. The zero-order valence-corrected chi connectivity index (χ0v) is 10.4. The summed E-state index contributed by atoms with van der Waals surface area (Å²) >= 11 is 1.58. The summed E-state index contributed by atoms with van der Waals surface area (Å²) in [5, 5.41) is 0.928. The van der Waals surface area contributed by atoms with E-state index in [4.69, 9.17) is 5.73 Å². The lowest BCUT2D eigenvalue weighted by Crippen LogP contribution is -2.10. The molecule has 0 spiro atoms. The van der Waals surface area contributed by atoms with Crippen molar-refractivity contribution in [2.24, 2.45) is 5.73 Å². The number of nitrogens with zero attached hydrogens (tertiary/aromatic N) is 3. The highest BCUT2D eigenvalue weighted by molar-refractivity contribution is 7.99. The third-order valence-corrected chi connectivity index (χ3v) is 3.47. The van der Waals surface area contributed by atoms with Crippen LogP contribution in [0.1, 0.15) is 16.5 Å². The highest BCUT2D eigenvalue weighted by Gasteiger charge is 2.12. The predicted octanol–water partition coefficient (Wildman–Crippen LogP) is 1.97. The third-order valence-electron chi connectivity index (χ3n) is 2.31. The Labute approximate surface area is 105 Å². The van der Waals surface area contributed by atoms with Crippen molar-refractivity contribution in [2.45, 2.75) is 17.3 Å². The number of rotatable bonds is 4. The van der Waals surface area contributed by atoms with Crippen molar-refractivity contribution in [3.8, 4) is 0 Å². The number of hydrogen-bond acceptors (Lipinski definition) is 5. The summed E-state index contributed by atoms with van der Waals surface area (Å²) in [7, 11) is 0. The zero-order chi connectivity index (χ0) is 12.1. The predicted molar refractivity (Wildman–Crippen MR) is 68.7 cm³/mol. The maximum Gasteiger partial charge on any atom is 0.188 e. The van der Waals surface area contributed by atoms with Crippen molar-refractivity contribution in [1.82, 2.24) is 15.0 Å². The fourth-order valence-electron chi connectivity index (χ4n) is 1.44. The molecular weight excluding hydrogens is 232 g/mol. The van der Waals surface area contributed by atoms with Crippen LogP contribution < -0.4 is 5.73 Å². The summed E-state index contributed by atoms with van der Waals surface area (Å²) in [6.45, 7) is 2.50. The minimum absolute atomic E-state index is 0.166. The first-order valence-electron chi connectivity index (χ1n) is 5.36. The summed E-state index contributed by atoms with van der Waals surface area (Å²) in [4.78, 5) is 12.6. The normalized spacial score (nSPS) is 12.4. The molecule has 0 radical (unpaired) electrons. The number of aryl methyl sites for hydroxylation is 1. The van der Waals surface area contributed by atoms with Gasteiger partial charge < -0.3 is 5.73 Å². The number of hydrogen-bond donors (Lipinski definition) is 1. The second-order valence-electron chi connectivity index (χ2n) is 3.60. The van der Waals surface area contributed by atoms with Gasteiger partial charge in [-0.05, 0) is 30.7 Å². The summed E-state index contributed by atoms with van der Waals surface area (Å²) < 4.78 is 0. The molecule has 0 bridgehead atoms. The van der Waals surface area contributed by atoms with Crippen molar-refractivity contribution < 1.29 is 0 Å². The van der Waals surface area contributed by atoms with Gasteiger partial charge in [0.2, 0.25) is 0 Å². The maximum absolute atomic E-state index is 5.79. The van der Waals surface area contributed by atoms with Gasteiger partial charge in [0.25, 0.3) is 0 Å². The lowest BCUT2D eigenvalue weighted by Gasteiger charge is -2.13. The second kappa shape index (κ2) is 5.75. The molecule has 5 heteroatoms. The van der Waals surface area contributed by atoms with Crippen LogP contribution in [0.25, 0.3) is 0 Å². The number of aromatic nitrogens is 3. The van der Waals surface area contributed by atoms with Crippen molar-refractivity contribution in [1.29, 1.82) is 0 Å². The monoisotopic (exact) mass is 246 g/mol. The quantitative estimate of drug-likeness (QED) is 0.660. The van der Waals surface area contributed by atoms with Gasteiger partial charge >= 0.3 is 0 Å². The Morgan fingerprint density at radius 2 is 2.00 bits per heavy atom. The van der Waals surface area contributed by atoms with Gasteiger partial charge in [0.1, 0.15) is 0 Å². The van der Waals surface area contributed by atoms with Crippen LogP contribution in [0.5, 0.6) is 0 Å². The van der Waals surface area contributed by atoms with E-state index < -0.39 is 0 Å². The van der Waals surface area contributed by atoms with Crippen molar-refractivity contribution >= 4 is 11.8 Å². The van der Waals surface area contributed by atoms with Crippen LogP contribution >= 0.6 is 11.8 Å². The Morgan fingerprint density at radius 3 is 2.65 bits per heavy atom. The molecule has 2 rings (SSSR count). The first-order valence-corrected chi connectivity index (χ1v) is 6.24. The highest BCUT2D eigenvalue weighted by Crippen LogP contribution is 2.31. The van der Waals surface area contributed by atoms with Gasteiger partial charge in [-0.15, -0.1) is 0 Å². The first kappa shape index (κ1) is 12.0. The van der Waals surface area contributed by atoms with Crippen LogP contribution in [0, 0.1) is 6.92 Å². The van der Waals surface area contributed by atoms with Gasteiger partial charge in [0, 0.05) is 36.1 Å². The van der Waals surface area contributed by atoms with E-state index >= 15 is 0 Å². The van der Waals surface area contributed by atoms with E-state index in [0.717, 1.165) is 16.4 Å². The van der Waals surface area contributed by atoms with E-state index in [1.165, 1.54) is 0 Å². The fraction of sp³-hybridized carbons (Fsp3) is 0.250. The number of thioether (sulfide) groups is 1. The minimum atomic E-state index is 0.166. The lowest BCUT2D eigenvalue weighted by molar-refractivity contribution is 0.893. The van der Waals surface area contributed by atoms with Gasteiger partial charge in [0.15, 0.2) is 5.16 Å². The molecule has 0 aliphatic rings. The largest absolute Gasteiger partial charge is 0.329 e. The Kier molecular flexibility index (Phi) is 4.06. The molecule has 2 aromatic heterocycles. The number of pyridine rings is 1. The molecule has 17 heavy (non-hydrogen) atoms. The molecule has 2 aromatic rings. The molecule has 0 fully saturated rings. The Morgan fingerprint density at radius 1 is 1.24 bits per heavy atom. The van der Waals surface area contributed by atoms with Gasteiger partial charge in [-0.2, -0.15) is 0 Å². The molecule has 4 nitrogen and oxygen atoms in total. The van der Waals surface area contributed by atoms with Gasteiger partial charge in [-0.3, -0.25) is 4.98 Å². The van der Waals surface area contributed by atoms with E-state index in [1.54, 1.807) is 30.4 Å². The van der Waals surface area contributed by atoms with Gasteiger partial charge in [-0.25, -0.2) is 9.97 Å². The molecule has 2 N–H and O–H groups in total. The van der Waals surface area contributed by atoms with Gasteiger partial charge in [-0.1, -0.05) is 11.8 Å². The van der Waals surface area contributed by atoms with E-state index in [1.807, 2.05) is 25.1 Å². The van der Waals surface area contributed by atoms with E-state index in [-0.39, 0.29) is 5.25 Å². The van der Waals surface area contributed by atoms with Crippen LogP contribution in [-0.2, 0) is 0 Å². The fourth-order valence-corrected chi connectivity index (χ4v) is 2.40. The van der Waals surface area contributed by atoms with Crippen LogP contribution in [0.3, 0.4) is 0 Å². The molecule has 0 aliphatic heterocycles. The Bertz CT molecular complexity index is 475. The zero-order valence-electron chi connectivity index (χ0n) is 9.58.